The second kappa shape index (κ2) is 7.58. The van der Waals surface area contributed by atoms with Gasteiger partial charge in [0.25, 0.3) is 0 Å². The molecular formula is C15H30N2O2. The molecule has 0 amide bonds. The van der Waals surface area contributed by atoms with Gasteiger partial charge < -0.3 is 14.8 Å². The van der Waals surface area contributed by atoms with Gasteiger partial charge in [-0.1, -0.05) is 19.3 Å². The Morgan fingerprint density at radius 3 is 2.53 bits per heavy atom. The summed E-state index contributed by atoms with van der Waals surface area (Å²) in [4.78, 5) is 2.68. The molecule has 0 radical (unpaired) electrons. The molecule has 0 aromatic heterocycles. The molecule has 0 aromatic carbocycles. The lowest BCUT2D eigenvalue weighted by atomic mass is 9.79. The molecule has 2 aliphatic rings. The minimum atomic E-state index is 0.365. The minimum absolute atomic E-state index is 0.365. The van der Waals surface area contributed by atoms with Crippen LogP contribution in [0.2, 0.25) is 0 Å². The molecule has 0 unspecified atom stereocenters. The summed E-state index contributed by atoms with van der Waals surface area (Å²) in [7, 11) is 1.77. The van der Waals surface area contributed by atoms with E-state index in [0.717, 1.165) is 39.5 Å². The minimum Gasteiger partial charge on any atom is -0.383 e. The maximum atomic E-state index is 5.52. The summed E-state index contributed by atoms with van der Waals surface area (Å²) in [6.07, 6.45) is 6.81. The van der Waals surface area contributed by atoms with Crippen molar-refractivity contribution in [1.29, 1.82) is 0 Å². The second-order valence-electron chi connectivity index (χ2n) is 6.12. The zero-order chi connectivity index (χ0) is 13.6. The third-order valence-corrected chi connectivity index (χ3v) is 4.66. The SMILES string of the molecule is COC[C@H](C)NCC1(N2CCOCC2)CCCCC1. The molecule has 2 fully saturated rings. The van der Waals surface area contributed by atoms with Crippen LogP contribution in [0.3, 0.4) is 0 Å². The van der Waals surface area contributed by atoms with E-state index in [-0.39, 0.29) is 0 Å². The van der Waals surface area contributed by atoms with Crippen molar-refractivity contribution in [3.05, 3.63) is 0 Å². The van der Waals surface area contributed by atoms with Crippen LogP contribution in [0.1, 0.15) is 39.0 Å². The highest BCUT2D eigenvalue weighted by molar-refractivity contribution is 4.96. The van der Waals surface area contributed by atoms with Crippen LogP contribution in [0.15, 0.2) is 0 Å². The molecule has 1 N–H and O–H groups in total. The molecule has 2 rings (SSSR count). The summed E-state index contributed by atoms with van der Waals surface area (Å²) in [5, 5.41) is 3.68. The van der Waals surface area contributed by atoms with E-state index >= 15 is 0 Å². The van der Waals surface area contributed by atoms with E-state index in [4.69, 9.17) is 9.47 Å². The number of methoxy groups -OCH3 is 1. The third kappa shape index (κ3) is 4.15. The Kier molecular flexibility index (Phi) is 6.07. The molecule has 0 bridgehead atoms. The molecule has 4 nitrogen and oxygen atoms in total. The Morgan fingerprint density at radius 1 is 1.21 bits per heavy atom. The quantitative estimate of drug-likeness (QED) is 0.796. The van der Waals surface area contributed by atoms with Crippen molar-refractivity contribution >= 4 is 0 Å². The van der Waals surface area contributed by atoms with Crippen LogP contribution in [0, 0.1) is 0 Å². The first-order valence-electron chi connectivity index (χ1n) is 7.82. The number of hydrogen-bond donors (Lipinski definition) is 1. The third-order valence-electron chi connectivity index (χ3n) is 4.66. The van der Waals surface area contributed by atoms with Gasteiger partial charge in [0.05, 0.1) is 19.8 Å². The molecule has 1 saturated carbocycles. The van der Waals surface area contributed by atoms with E-state index in [1.54, 1.807) is 7.11 Å². The molecule has 0 spiro atoms. The molecule has 4 heteroatoms. The van der Waals surface area contributed by atoms with Gasteiger partial charge in [-0.3, -0.25) is 4.90 Å². The van der Waals surface area contributed by atoms with E-state index in [2.05, 4.69) is 17.1 Å². The van der Waals surface area contributed by atoms with Crippen LogP contribution < -0.4 is 5.32 Å². The summed E-state index contributed by atoms with van der Waals surface area (Å²) >= 11 is 0. The summed E-state index contributed by atoms with van der Waals surface area (Å²) in [6.45, 7) is 8.08. The van der Waals surface area contributed by atoms with Gasteiger partial charge in [-0.25, -0.2) is 0 Å². The fraction of sp³-hybridized carbons (Fsp3) is 1.00. The highest BCUT2D eigenvalue weighted by Gasteiger charge is 2.38. The average molecular weight is 270 g/mol. The number of rotatable bonds is 6. The molecule has 1 heterocycles. The molecule has 1 aliphatic heterocycles. The molecular weight excluding hydrogens is 240 g/mol. The fourth-order valence-corrected chi connectivity index (χ4v) is 3.53. The number of nitrogens with one attached hydrogen (secondary N) is 1. The zero-order valence-corrected chi connectivity index (χ0v) is 12.6. The number of ether oxygens (including phenoxy) is 2. The highest BCUT2D eigenvalue weighted by Crippen LogP contribution is 2.33. The van der Waals surface area contributed by atoms with Gasteiger partial charge in [-0.15, -0.1) is 0 Å². The molecule has 1 aliphatic carbocycles. The Hall–Kier alpha value is -0.160. The predicted octanol–water partition coefficient (Wildman–Crippen LogP) is 1.65. The van der Waals surface area contributed by atoms with Crippen LogP contribution in [0.25, 0.3) is 0 Å². The van der Waals surface area contributed by atoms with Gasteiger partial charge >= 0.3 is 0 Å². The van der Waals surface area contributed by atoms with Crippen LogP contribution in [0.5, 0.6) is 0 Å². The lowest BCUT2D eigenvalue weighted by Gasteiger charge is -2.48. The van der Waals surface area contributed by atoms with Crippen molar-refractivity contribution in [2.45, 2.75) is 50.6 Å². The number of nitrogens with zero attached hydrogens (tertiary/aromatic N) is 1. The van der Waals surface area contributed by atoms with E-state index in [9.17, 15) is 0 Å². The van der Waals surface area contributed by atoms with Gasteiger partial charge in [0.1, 0.15) is 0 Å². The number of hydrogen-bond acceptors (Lipinski definition) is 4. The van der Waals surface area contributed by atoms with Crippen molar-refractivity contribution in [2.75, 3.05) is 46.6 Å². The summed E-state index contributed by atoms with van der Waals surface area (Å²) < 4.78 is 10.7. The average Bonchev–Trinajstić information content (AvgIpc) is 2.47. The van der Waals surface area contributed by atoms with Crippen LogP contribution >= 0.6 is 0 Å². The second-order valence-corrected chi connectivity index (χ2v) is 6.12. The van der Waals surface area contributed by atoms with Crippen molar-refractivity contribution in [2.24, 2.45) is 0 Å². The van der Waals surface area contributed by atoms with Gasteiger partial charge in [-0.05, 0) is 19.8 Å². The first-order valence-corrected chi connectivity index (χ1v) is 7.82. The van der Waals surface area contributed by atoms with Crippen molar-refractivity contribution < 1.29 is 9.47 Å². The largest absolute Gasteiger partial charge is 0.383 e. The van der Waals surface area contributed by atoms with Crippen molar-refractivity contribution in [3.8, 4) is 0 Å². The normalized spacial score (nSPS) is 26.2. The van der Waals surface area contributed by atoms with E-state index in [0.29, 0.717) is 11.6 Å². The molecule has 1 saturated heterocycles. The van der Waals surface area contributed by atoms with Gasteiger partial charge in [0.2, 0.25) is 0 Å². The Bertz CT molecular complexity index is 249. The van der Waals surface area contributed by atoms with E-state index in [1.807, 2.05) is 0 Å². The monoisotopic (exact) mass is 270 g/mol. The van der Waals surface area contributed by atoms with E-state index in [1.165, 1.54) is 32.1 Å². The first-order chi connectivity index (χ1) is 9.27. The fourth-order valence-electron chi connectivity index (χ4n) is 3.53. The lowest BCUT2D eigenvalue weighted by Crippen LogP contribution is -2.60. The van der Waals surface area contributed by atoms with Crippen LogP contribution in [-0.4, -0.2) is 63.0 Å². The topological polar surface area (TPSA) is 33.7 Å². The predicted molar refractivity (Wildman–Crippen MR) is 77.5 cm³/mol. The maximum absolute atomic E-state index is 5.52. The number of morpholine rings is 1. The van der Waals surface area contributed by atoms with Crippen LogP contribution in [0.4, 0.5) is 0 Å². The standard InChI is InChI=1S/C15H30N2O2/c1-14(12-18-2)16-13-15(6-4-3-5-7-15)17-8-10-19-11-9-17/h14,16H,3-13H2,1-2H3/t14-/m0/s1. The summed E-state index contributed by atoms with van der Waals surface area (Å²) in [5.41, 5.74) is 0.365. The lowest BCUT2D eigenvalue weighted by molar-refractivity contribution is -0.0382. The van der Waals surface area contributed by atoms with Gasteiger partial charge in [-0.2, -0.15) is 0 Å². The zero-order valence-electron chi connectivity index (χ0n) is 12.6. The highest BCUT2D eigenvalue weighted by atomic mass is 16.5. The summed E-state index contributed by atoms with van der Waals surface area (Å²) in [5.74, 6) is 0. The van der Waals surface area contributed by atoms with Crippen LogP contribution in [-0.2, 0) is 9.47 Å². The first kappa shape index (κ1) is 15.2. The molecule has 1 atom stereocenters. The van der Waals surface area contributed by atoms with E-state index < -0.39 is 0 Å². The Morgan fingerprint density at radius 2 is 1.89 bits per heavy atom. The molecule has 19 heavy (non-hydrogen) atoms. The Balaban J connectivity index is 1.93. The molecule has 112 valence electrons. The molecule has 0 aromatic rings. The van der Waals surface area contributed by atoms with Crippen molar-refractivity contribution in [3.63, 3.8) is 0 Å². The van der Waals surface area contributed by atoms with Crippen molar-refractivity contribution in [1.82, 2.24) is 10.2 Å². The summed E-state index contributed by atoms with van der Waals surface area (Å²) in [6, 6.07) is 0.435. The maximum Gasteiger partial charge on any atom is 0.0613 e. The van der Waals surface area contributed by atoms with Gasteiger partial charge in [0.15, 0.2) is 0 Å². The smallest absolute Gasteiger partial charge is 0.0613 e. The van der Waals surface area contributed by atoms with Gasteiger partial charge in [0, 0.05) is 38.3 Å². The Labute approximate surface area is 117 Å².